The lowest BCUT2D eigenvalue weighted by Crippen LogP contribution is -2.13. The van der Waals surface area contributed by atoms with E-state index in [1.165, 1.54) is 6.33 Å². The second-order valence-electron chi connectivity index (χ2n) is 2.26. The van der Waals surface area contributed by atoms with Crippen molar-refractivity contribution in [1.29, 1.82) is 0 Å². The molecule has 0 bridgehead atoms. The highest BCUT2D eigenvalue weighted by Crippen LogP contribution is 1.98. The fourth-order valence-corrected chi connectivity index (χ4v) is 0.603. The average molecular weight is 166 g/mol. The summed E-state index contributed by atoms with van der Waals surface area (Å²) in [6, 6.07) is 0. The molecule has 0 aliphatic rings. The summed E-state index contributed by atoms with van der Waals surface area (Å²) in [5.41, 5.74) is 0.645. The first-order valence-corrected chi connectivity index (χ1v) is 3.53. The smallest absolute Gasteiger partial charge is 0.253 e. The third kappa shape index (κ3) is 1.91. The number of hydrogen-bond donors (Lipinski definition) is 2. The molecule has 0 aromatic carbocycles. The van der Waals surface area contributed by atoms with E-state index in [9.17, 15) is 4.79 Å². The first-order chi connectivity index (χ1) is 5.74. The number of H-pyrrole nitrogens is 1. The molecule has 1 amide bonds. The number of nitrogens with one attached hydrogen (secondary N) is 2. The molecule has 0 spiro atoms. The molecule has 1 rings (SSSR count). The van der Waals surface area contributed by atoms with Crippen LogP contribution in [-0.2, 0) is 4.79 Å². The maximum atomic E-state index is 11.2. The monoisotopic (exact) mass is 166 g/mol. The van der Waals surface area contributed by atoms with Gasteiger partial charge in [-0.3, -0.25) is 10.1 Å². The zero-order valence-electron chi connectivity index (χ0n) is 6.96. The minimum atomic E-state index is -0.172. The highest BCUT2D eigenvalue weighted by molar-refractivity contribution is 6.02. The number of anilines is 1. The molecule has 1 aromatic heterocycles. The highest BCUT2D eigenvalue weighted by Gasteiger charge is 2.04. The van der Waals surface area contributed by atoms with Crippen LogP contribution in [0, 0.1) is 0 Å². The zero-order valence-corrected chi connectivity index (χ0v) is 6.96. The first-order valence-electron chi connectivity index (χ1n) is 3.53. The average Bonchev–Trinajstić information content (AvgIpc) is 2.55. The van der Waals surface area contributed by atoms with E-state index in [-0.39, 0.29) is 5.91 Å². The molecule has 64 valence electrons. The Morgan fingerprint density at radius 1 is 1.75 bits per heavy atom. The van der Waals surface area contributed by atoms with Gasteiger partial charge in [-0.15, -0.1) is 0 Å². The van der Waals surface area contributed by atoms with Crippen LogP contribution >= 0.6 is 0 Å². The van der Waals surface area contributed by atoms with E-state index in [2.05, 4.69) is 20.5 Å². The Morgan fingerprint density at radius 2 is 2.50 bits per heavy atom. The van der Waals surface area contributed by atoms with Crippen LogP contribution in [0.25, 0.3) is 0 Å². The molecule has 0 radical (unpaired) electrons. The van der Waals surface area contributed by atoms with Gasteiger partial charge in [-0.25, -0.2) is 5.10 Å². The van der Waals surface area contributed by atoms with Crippen molar-refractivity contribution < 1.29 is 4.79 Å². The minimum absolute atomic E-state index is 0.172. The Bertz CT molecular complexity index is 288. The molecule has 0 unspecified atom stereocenters. The van der Waals surface area contributed by atoms with Gasteiger partial charge in [0.15, 0.2) is 0 Å². The number of amides is 1. The molecule has 0 saturated heterocycles. The summed E-state index contributed by atoms with van der Waals surface area (Å²) in [4.78, 5) is 14.9. The second kappa shape index (κ2) is 3.66. The predicted molar refractivity (Wildman–Crippen MR) is 44.4 cm³/mol. The van der Waals surface area contributed by atoms with Crippen LogP contribution in [0.2, 0.25) is 0 Å². The molecule has 0 fully saturated rings. The molecule has 0 saturated carbocycles. The van der Waals surface area contributed by atoms with Gasteiger partial charge < -0.3 is 0 Å². The maximum absolute atomic E-state index is 11.2. The van der Waals surface area contributed by atoms with Gasteiger partial charge in [-0.05, 0) is 13.8 Å². The van der Waals surface area contributed by atoms with Crippen LogP contribution in [0.1, 0.15) is 13.8 Å². The van der Waals surface area contributed by atoms with Crippen LogP contribution in [0.15, 0.2) is 18.0 Å². The van der Waals surface area contributed by atoms with Gasteiger partial charge >= 0.3 is 0 Å². The number of allylic oxidation sites excluding steroid dienone is 1. The van der Waals surface area contributed by atoms with Crippen LogP contribution in [0.5, 0.6) is 0 Å². The Balaban J connectivity index is 2.59. The van der Waals surface area contributed by atoms with Crippen molar-refractivity contribution in [2.45, 2.75) is 13.8 Å². The molecular formula is C7H10N4O. The van der Waals surface area contributed by atoms with Gasteiger partial charge in [0.25, 0.3) is 5.91 Å². The van der Waals surface area contributed by atoms with Crippen LogP contribution in [0.3, 0.4) is 0 Å². The lowest BCUT2D eigenvalue weighted by molar-refractivity contribution is -0.112. The van der Waals surface area contributed by atoms with Crippen molar-refractivity contribution >= 4 is 11.9 Å². The van der Waals surface area contributed by atoms with Crippen molar-refractivity contribution in [3.05, 3.63) is 18.0 Å². The number of aromatic nitrogens is 3. The van der Waals surface area contributed by atoms with Gasteiger partial charge in [-0.1, -0.05) is 6.08 Å². The molecule has 0 aliphatic heterocycles. The fraction of sp³-hybridized carbons (Fsp3) is 0.286. The van der Waals surface area contributed by atoms with Crippen molar-refractivity contribution in [2.24, 2.45) is 0 Å². The molecule has 0 atom stereocenters. The van der Waals surface area contributed by atoms with E-state index in [0.29, 0.717) is 11.5 Å². The van der Waals surface area contributed by atoms with Gasteiger partial charge in [0.1, 0.15) is 6.33 Å². The number of nitrogens with zero attached hydrogens (tertiary/aromatic N) is 2. The lowest BCUT2D eigenvalue weighted by Gasteiger charge is -1.98. The van der Waals surface area contributed by atoms with Crippen molar-refractivity contribution in [3.8, 4) is 0 Å². The van der Waals surface area contributed by atoms with Crippen molar-refractivity contribution in [1.82, 2.24) is 15.2 Å². The van der Waals surface area contributed by atoms with E-state index in [4.69, 9.17) is 0 Å². The Morgan fingerprint density at radius 3 is 3.00 bits per heavy atom. The standard InChI is InChI=1S/C7H10N4O/c1-3-5(2)6(12)10-7-8-4-9-11-7/h3-4H,1-2H3,(H2,8,9,10,11,12)/b5-3-. The number of carbonyl (C=O) groups excluding carboxylic acids is 1. The van der Waals surface area contributed by atoms with Crippen molar-refractivity contribution in [2.75, 3.05) is 5.32 Å². The van der Waals surface area contributed by atoms with E-state index in [1.807, 2.05) is 0 Å². The molecular weight excluding hydrogens is 156 g/mol. The Hall–Kier alpha value is -1.65. The van der Waals surface area contributed by atoms with Gasteiger partial charge in [0.2, 0.25) is 5.95 Å². The molecule has 2 N–H and O–H groups in total. The summed E-state index contributed by atoms with van der Waals surface area (Å²) in [6.45, 7) is 3.53. The maximum Gasteiger partial charge on any atom is 0.253 e. The predicted octanol–water partition coefficient (Wildman–Crippen LogP) is 0.709. The molecule has 1 heterocycles. The largest absolute Gasteiger partial charge is 0.291 e. The van der Waals surface area contributed by atoms with E-state index < -0.39 is 0 Å². The first kappa shape index (κ1) is 8.45. The number of carbonyl (C=O) groups is 1. The van der Waals surface area contributed by atoms with Crippen molar-refractivity contribution in [3.63, 3.8) is 0 Å². The van der Waals surface area contributed by atoms with Gasteiger partial charge in [0.05, 0.1) is 0 Å². The number of hydrogen-bond acceptors (Lipinski definition) is 3. The molecule has 12 heavy (non-hydrogen) atoms. The molecule has 5 nitrogen and oxygen atoms in total. The SMILES string of the molecule is C/C=C(/C)C(=O)Nc1ncn[nH]1. The molecule has 0 aliphatic carbocycles. The van der Waals surface area contributed by atoms with Crippen LogP contribution < -0.4 is 5.32 Å². The zero-order chi connectivity index (χ0) is 8.97. The fourth-order valence-electron chi connectivity index (χ4n) is 0.603. The Kier molecular flexibility index (Phi) is 2.57. The van der Waals surface area contributed by atoms with Crippen LogP contribution in [-0.4, -0.2) is 21.1 Å². The second-order valence-corrected chi connectivity index (χ2v) is 2.26. The highest BCUT2D eigenvalue weighted by atomic mass is 16.1. The number of aromatic amines is 1. The topological polar surface area (TPSA) is 70.7 Å². The van der Waals surface area contributed by atoms with E-state index in [0.717, 1.165) is 0 Å². The minimum Gasteiger partial charge on any atom is -0.291 e. The van der Waals surface area contributed by atoms with E-state index in [1.54, 1.807) is 19.9 Å². The summed E-state index contributed by atoms with van der Waals surface area (Å²) < 4.78 is 0. The summed E-state index contributed by atoms with van der Waals surface area (Å²) in [7, 11) is 0. The lowest BCUT2D eigenvalue weighted by atomic mass is 10.3. The summed E-state index contributed by atoms with van der Waals surface area (Å²) in [5, 5.41) is 8.65. The third-order valence-electron chi connectivity index (χ3n) is 1.44. The summed E-state index contributed by atoms with van der Waals surface area (Å²) in [6.07, 6.45) is 3.06. The Labute approximate surface area is 69.9 Å². The quantitative estimate of drug-likeness (QED) is 0.635. The van der Waals surface area contributed by atoms with Gasteiger partial charge in [0, 0.05) is 5.57 Å². The van der Waals surface area contributed by atoms with Crippen LogP contribution in [0.4, 0.5) is 5.95 Å². The summed E-state index contributed by atoms with van der Waals surface area (Å²) >= 11 is 0. The third-order valence-corrected chi connectivity index (χ3v) is 1.44. The molecule has 1 aromatic rings. The number of rotatable bonds is 2. The van der Waals surface area contributed by atoms with E-state index >= 15 is 0 Å². The summed E-state index contributed by atoms with van der Waals surface area (Å²) in [5.74, 6) is 0.190. The normalized spacial score (nSPS) is 11.3. The molecule has 5 heteroatoms. The van der Waals surface area contributed by atoms with Gasteiger partial charge in [-0.2, -0.15) is 10.1 Å².